The zero-order valence-corrected chi connectivity index (χ0v) is 29.8. The molecule has 11 rings (SSSR count). The lowest BCUT2D eigenvalue weighted by Crippen LogP contribution is -2.19. The summed E-state index contributed by atoms with van der Waals surface area (Å²) in [5.74, 6) is 0. The van der Waals surface area contributed by atoms with Crippen LogP contribution in [0.4, 0.5) is 0 Å². The van der Waals surface area contributed by atoms with E-state index in [1.165, 1.54) is 77.2 Å². The van der Waals surface area contributed by atoms with Crippen LogP contribution in [0.5, 0.6) is 0 Å². The van der Waals surface area contributed by atoms with Crippen LogP contribution in [0, 0.1) is 0 Å². The van der Waals surface area contributed by atoms with Crippen molar-refractivity contribution in [3.63, 3.8) is 0 Å². The lowest BCUT2D eigenvalue weighted by molar-refractivity contribution is 0.648. The van der Waals surface area contributed by atoms with Crippen molar-refractivity contribution in [3.05, 3.63) is 168 Å². The van der Waals surface area contributed by atoms with E-state index in [2.05, 4.69) is 160 Å². The highest BCUT2D eigenvalue weighted by atomic mass is 14.7. The Bertz CT molecular complexity index is 3020. The largest absolute Gasteiger partial charge is 0.254 e. The van der Waals surface area contributed by atoms with Crippen LogP contribution in [-0.4, -0.2) is 9.97 Å². The zero-order chi connectivity index (χ0) is 34.9. The topological polar surface area (TPSA) is 25.8 Å². The van der Waals surface area contributed by atoms with Crippen LogP contribution in [0.1, 0.15) is 49.9 Å². The second-order valence-electron chi connectivity index (χ2n) is 15.8. The summed E-state index contributed by atoms with van der Waals surface area (Å²) in [7, 11) is 0. The van der Waals surface area contributed by atoms with Gasteiger partial charge < -0.3 is 0 Å². The van der Waals surface area contributed by atoms with E-state index in [4.69, 9.17) is 4.98 Å². The van der Waals surface area contributed by atoms with Gasteiger partial charge in [-0.25, -0.2) is 0 Å². The molecular formula is C50H36N2. The average Bonchev–Trinajstić information content (AvgIpc) is 3.56. The highest BCUT2D eigenvalue weighted by molar-refractivity contribution is 6.10. The lowest BCUT2D eigenvalue weighted by Gasteiger charge is -2.29. The highest BCUT2D eigenvalue weighted by Crippen LogP contribution is 2.61. The molecule has 0 radical (unpaired) electrons. The van der Waals surface area contributed by atoms with E-state index in [0.717, 1.165) is 32.9 Å². The Hall–Kier alpha value is -6.12. The van der Waals surface area contributed by atoms with Crippen LogP contribution in [0.25, 0.3) is 87.9 Å². The molecular weight excluding hydrogens is 629 g/mol. The van der Waals surface area contributed by atoms with Gasteiger partial charge in [0.25, 0.3) is 0 Å². The third kappa shape index (κ3) is 3.90. The maximum atomic E-state index is 4.88. The van der Waals surface area contributed by atoms with Crippen molar-refractivity contribution in [2.75, 3.05) is 0 Å². The summed E-state index contributed by atoms with van der Waals surface area (Å²) >= 11 is 0. The molecule has 2 nitrogen and oxygen atoms in total. The number of nitrogens with zero attached hydrogens (tertiary/aromatic N) is 2. The van der Waals surface area contributed by atoms with Crippen molar-refractivity contribution in [3.8, 4) is 44.5 Å². The molecule has 7 aromatic carbocycles. The summed E-state index contributed by atoms with van der Waals surface area (Å²) in [6.45, 7) is 9.65. The second kappa shape index (κ2) is 10.2. The first kappa shape index (κ1) is 29.6. The number of rotatable bonds is 2. The summed E-state index contributed by atoms with van der Waals surface area (Å²) < 4.78 is 0. The molecule has 0 N–H and O–H groups in total. The van der Waals surface area contributed by atoms with Crippen molar-refractivity contribution in [1.82, 2.24) is 9.97 Å². The van der Waals surface area contributed by atoms with Crippen molar-refractivity contribution < 1.29 is 0 Å². The normalized spacial score (nSPS) is 14.8. The zero-order valence-electron chi connectivity index (χ0n) is 29.8. The fourth-order valence-electron chi connectivity index (χ4n) is 9.78. The molecule has 0 aliphatic heterocycles. The maximum absolute atomic E-state index is 4.88. The Morgan fingerprint density at radius 3 is 1.75 bits per heavy atom. The van der Waals surface area contributed by atoms with Gasteiger partial charge in [0.05, 0.1) is 11.0 Å². The molecule has 0 saturated carbocycles. The van der Waals surface area contributed by atoms with Crippen LogP contribution in [0.3, 0.4) is 0 Å². The average molecular weight is 665 g/mol. The molecule has 0 atom stereocenters. The second-order valence-corrected chi connectivity index (χ2v) is 15.8. The van der Waals surface area contributed by atoms with Crippen LogP contribution in [0.2, 0.25) is 0 Å². The summed E-state index contributed by atoms with van der Waals surface area (Å²) in [6, 6.07) is 49.7. The molecule has 9 aromatic rings. The van der Waals surface area contributed by atoms with Gasteiger partial charge in [0.2, 0.25) is 0 Å². The Morgan fingerprint density at radius 2 is 0.981 bits per heavy atom. The number of benzene rings is 7. The molecule has 2 aromatic heterocycles. The molecule has 0 spiro atoms. The first-order valence-corrected chi connectivity index (χ1v) is 18.3. The van der Waals surface area contributed by atoms with Crippen molar-refractivity contribution in [2.24, 2.45) is 0 Å². The van der Waals surface area contributed by atoms with Gasteiger partial charge in [-0.1, -0.05) is 131 Å². The Kier molecular flexibility index (Phi) is 5.83. The van der Waals surface area contributed by atoms with Crippen molar-refractivity contribution in [1.29, 1.82) is 0 Å². The number of pyridine rings is 2. The van der Waals surface area contributed by atoms with Gasteiger partial charge in [-0.15, -0.1) is 0 Å². The standard InChI is InChI=1S/C50H36N2/c1-49(2)42-13-7-5-11-38(42)41-27-40(45-44(46(41)49)39-12-6-8-14-43(39)50(45,3)4)33-20-22-37-32(25-33)17-16-31-24-30(19-21-36(31)37)35-26-34-18-15-29-10-9-23-51-47(29)48(34)52-28-35/h5-28H,1-4H3. The quantitative estimate of drug-likeness (QED) is 0.172. The fraction of sp³-hybridized carbons (Fsp3) is 0.120. The summed E-state index contributed by atoms with van der Waals surface area (Å²) in [5, 5.41) is 7.23. The van der Waals surface area contributed by atoms with E-state index < -0.39 is 0 Å². The molecule has 52 heavy (non-hydrogen) atoms. The monoisotopic (exact) mass is 664 g/mol. The van der Waals surface area contributed by atoms with Crippen molar-refractivity contribution in [2.45, 2.75) is 38.5 Å². The van der Waals surface area contributed by atoms with E-state index in [0.29, 0.717) is 0 Å². The molecule has 0 unspecified atom stereocenters. The third-order valence-corrected chi connectivity index (χ3v) is 12.2. The van der Waals surface area contributed by atoms with Gasteiger partial charge in [-0.05, 0) is 113 Å². The fourth-order valence-corrected chi connectivity index (χ4v) is 9.78. The number of aromatic nitrogens is 2. The predicted octanol–water partition coefficient (Wildman–Crippen LogP) is 13.0. The highest BCUT2D eigenvalue weighted by Gasteiger charge is 2.46. The third-order valence-electron chi connectivity index (χ3n) is 12.2. The first-order valence-electron chi connectivity index (χ1n) is 18.3. The molecule has 0 amide bonds. The van der Waals surface area contributed by atoms with Gasteiger partial charge in [-0.3, -0.25) is 9.97 Å². The molecule has 0 bridgehead atoms. The summed E-state index contributed by atoms with van der Waals surface area (Å²) in [5.41, 5.74) is 17.9. The van der Waals surface area contributed by atoms with E-state index in [9.17, 15) is 0 Å². The predicted molar refractivity (Wildman–Crippen MR) is 218 cm³/mol. The molecule has 2 aliphatic carbocycles. The van der Waals surface area contributed by atoms with Crippen molar-refractivity contribution >= 4 is 43.4 Å². The smallest absolute Gasteiger partial charge is 0.0964 e. The van der Waals surface area contributed by atoms with Crippen LogP contribution in [0.15, 0.2) is 146 Å². The molecule has 0 saturated heterocycles. The van der Waals surface area contributed by atoms with E-state index in [-0.39, 0.29) is 10.8 Å². The number of hydrogen-bond donors (Lipinski definition) is 0. The first-order chi connectivity index (χ1) is 25.3. The van der Waals surface area contributed by atoms with E-state index in [1.807, 2.05) is 18.5 Å². The van der Waals surface area contributed by atoms with Gasteiger partial charge in [0, 0.05) is 39.6 Å². The Labute approximate surface area is 303 Å². The molecule has 0 fully saturated rings. The molecule has 246 valence electrons. The number of fused-ring (bicyclic) bond motifs is 13. The molecule has 2 heteroatoms. The minimum Gasteiger partial charge on any atom is -0.254 e. The summed E-state index contributed by atoms with van der Waals surface area (Å²) in [4.78, 5) is 9.49. The minimum absolute atomic E-state index is 0.0856. The van der Waals surface area contributed by atoms with Gasteiger partial charge in [0.15, 0.2) is 0 Å². The van der Waals surface area contributed by atoms with Gasteiger partial charge >= 0.3 is 0 Å². The van der Waals surface area contributed by atoms with Crippen LogP contribution >= 0.6 is 0 Å². The van der Waals surface area contributed by atoms with Gasteiger partial charge in [-0.2, -0.15) is 0 Å². The Morgan fingerprint density at radius 1 is 0.404 bits per heavy atom. The molecule has 2 aliphatic rings. The lowest BCUT2D eigenvalue weighted by atomic mass is 9.74. The van der Waals surface area contributed by atoms with Crippen LogP contribution in [-0.2, 0) is 10.8 Å². The van der Waals surface area contributed by atoms with E-state index in [1.54, 1.807) is 0 Å². The SMILES string of the molecule is CC1(C)c2ccccc2-c2c1c(-c1ccc3c(ccc4cc(-c5cnc6c(ccc7cccnc76)c5)ccc43)c1)cc1c2C(C)(C)c2ccccc2-1. The maximum Gasteiger partial charge on any atom is 0.0964 e. The number of hydrogen-bond acceptors (Lipinski definition) is 2. The van der Waals surface area contributed by atoms with E-state index >= 15 is 0 Å². The van der Waals surface area contributed by atoms with Gasteiger partial charge in [0.1, 0.15) is 0 Å². The minimum atomic E-state index is -0.128. The Balaban J connectivity index is 1.07. The summed E-state index contributed by atoms with van der Waals surface area (Å²) in [6.07, 6.45) is 3.82. The van der Waals surface area contributed by atoms with Crippen LogP contribution < -0.4 is 0 Å². The molecule has 2 heterocycles.